The smallest absolute Gasteiger partial charge is 0.150 e. The van der Waals surface area contributed by atoms with Crippen molar-refractivity contribution in [1.29, 1.82) is 0 Å². The molecule has 0 aliphatic carbocycles. The molecule has 1 aromatic heterocycles. The Kier molecular flexibility index (Phi) is 6.68. The summed E-state index contributed by atoms with van der Waals surface area (Å²) in [6.45, 7) is 9.65. The Labute approximate surface area is 116 Å². The average molecular weight is 274 g/mol. The van der Waals surface area contributed by atoms with Crippen LogP contribution < -0.4 is 5.32 Å². The third-order valence-electron chi connectivity index (χ3n) is 3.45. The highest BCUT2D eigenvalue weighted by molar-refractivity contribution is 5.85. The molecule has 0 bridgehead atoms. The molecule has 1 aromatic rings. The molecule has 0 aromatic carbocycles. The summed E-state index contributed by atoms with van der Waals surface area (Å²) in [5.74, 6) is 1.84. The zero-order chi connectivity index (χ0) is 12.1. The van der Waals surface area contributed by atoms with E-state index in [0.717, 1.165) is 30.5 Å². The molecule has 0 atom stereocenters. The third-order valence-corrected chi connectivity index (χ3v) is 3.45. The van der Waals surface area contributed by atoms with Crippen LogP contribution in [0.1, 0.15) is 31.2 Å². The van der Waals surface area contributed by atoms with Gasteiger partial charge in [-0.2, -0.15) is 0 Å². The number of piperidine rings is 1. The molecule has 0 spiro atoms. The van der Waals surface area contributed by atoms with Gasteiger partial charge in [0, 0.05) is 6.07 Å². The van der Waals surface area contributed by atoms with Gasteiger partial charge in [0.05, 0.1) is 12.2 Å². The first kappa shape index (κ1) is 15.5. The first-order chi connectivity index (χ1) is 8.28. The first-order valence-electron chi connectivity index (χ1n) is 6.63. The van der Waals surface area contributed by atoms with Crippen LogP contribution in [0, 0.1) is 12.8 Å². The zero-order valence-corrected chi connectivity index (χ0v) is 12.1. The highest BCUT2D eigenvalue weighted by Gasteiger charge is 2.19. The van der Waals surface area contributed by atoms with Gasteiger partial charge < -0.3 is 9.84 Å². The average Bonchev–Trinajstić information content (AvgIpc) is 2.74. The Bertz CT molecular complexity index is 335. The molecule has 2 heterocycles. The van der Waals surface area contributed by atoms with Gasteiger partial charge in [0.2, 0.25) is 0 Å². The molecule has 104 valence electrons. The van der Waals surface area contributed by atoms with E-state index >= 15 is 0 Å². The minimum atomic E-state index is 0. The number of hydrogen-bond acceptors (Lipinski definition) is 4. The van der Waals surface area contributed by atoms with E-state index in [4.69, 9.17) is 4.52 Å². The summed E-state index contributed by atoms with van der Waals surface area (Å²) in [6.07, 6.45) is 2.58. The lowest BCUT2D eigenvalue weighted by Gasteiger charge is -2.31. The zero-order valence-electron chi connectivity index (χ0n) is 11.3. The van der Waals surface area contributed by atoms with E-state index in [9.17, 15) is 0 Å². The molecule has 18 heavy (non-hydrogen) atoms. The normalized spacial score (nSPS) is 17.7. The van der Waals surface area contributed by atoms with Crippen LogP contribution in [-0.4, -0.2) is 36.2 Å². The van der Waals surface area contributed by atoms with Crippen LogP contribution in [0.15, 0.2) is 10.6 Å². The van der Waals surface area contributed by atoms with Crippen LogP contribution in [0.25, 0.3) is 0 Å². The Morgan fingerprint density at radius 2 is 2.17 bits per heavy atom. The summed E-state index contributed by atoms with van der Waals surface area (Å²) in [5, 5.41) is 7.36. The fourth-order valence-corrected chi connectivity index (χ4v) is 2.41. The molecule has 1 N–H and O–H groups in total. The van der Waals surface area contributed by atoms with Gasteiger partial charge in [-0.3, -0.25) is 4.90 Å². The second kappa shape index (κ2) is 7.77. The Morgan fingerprint density at radius 3 is 2.72 bits per heavy atom. The molecule has 0 radical (unpaired) electrons. The molecule has 1 aliphatic heterocycles. The van der Waals surface area contributed by atoms with Gasteiger partial charge in [0.1, 0.15) is 0 Å². The van der Waals surface area contributed by atoms with Gasteiger partial charge in [0.15, 0.2) is 5.76 Å². The van der Waals surface area contributed by atoms with Gasteiger partial charge in [-0.05, 0) is 51.9 Å². The highest BCUT2D eigenvalue weighted by atomic mass is 35.5. The van der Waals surface area contributed by atoms with Crippen molar-refractivity contribution in [3.8, 4) is 0 Å². The summed E-state index contributed by atoms with van der Waals surface area (Å²) in [5.41, 5.74) is 0.974. The van der Waals surface area contributed by atoms with Crippen molar-refractivity contribution in [3.63, 3.8) is 0 Å². The van der Waals surface area contributed by atoms with Gasteiger partial charge in [-0.1, -0.05) is 12.1 Å². The molecule has 1 fully saturated rings. The van der Waals surface area contributed by atoms with Crippen LogP contribution in [0.5, 0.6) is 0 Å². The lowest BCUT2D eigenvalue weighted by Crippen LogP contribution is -2.36. The molecule has 0 saturated carbocycles. The lowest BCUT2D eigenvalue weighted by atomic mass is 9.97. The van der Waals surface area contributed by atoms with Crippen molar-refractivity contribution in [2.75, 3.05) is 26.2 Å². The van der Waals surface area contributed by atoms with Crippen molar-refractivity contribution >= 4 is 12.4 Å². The van der Waals surface area contributed by atoms with Crippen LogP contribution in [0.2, 0.25) is 0 Å². The SMILES string of the molecule is CCNCC1CCN(Cc2cc(C)no2)CC1.Cl. The van der Waals surface area contributed by atoms with E-state index in [1.165, 1.54) is 32.5 Å². The van der Waals surface area contributed by atoms with Gasteiger partial charge in [0.25, 0.3) is 0 Å². The molecule has 5 heteroatoms. The number of rotatable bonds is 5. The van der Waals surface area contributed by atoms with Crippen LogP contribution in [0.4, 0.5) is 0 Å². The summed E-state index contributed by atoms with van der Waals surface area (Å²) in [6, 6.07) is 2.03. The van der Waals surface area contributed by atoms with E-state index in [-0.39, 0.29) is 12.4 Å². The predicted octanol–water partition coefficient (Wildman–Crippen LogP) is 2.23. The number of nitrogens with one attached hydrogen (secondary N) is 1. The Morgan fingerprint density at radius 1 is 1.44 bits per heavy atom. The first-order valence-corrected chi connectivity index (χ1v) is 6.63. The van der Waals surface area contributed by atoms with E-state index in [2.05, 4.69) is 22.3 Å². The Balaban J connectivity index is 0.00000162. The number of nitrogens with zero attached hydrogens (tertiary/aromatic N) is 2. The maximum absolute atomic E-state index is 5.25. The standard InChI is InChI=1S/C13H23N3O.ClH/c1-3-14-9-12-4-6-16(7-5-12)10-13-8-11(2)15-17-13;/h8,12,14H,3-7,9-10H2,1-2H3;1H. The van der Waals surface area contributed by atoms with Crippen LogP contribution in [0.3, 0.4) is 0 Å². The predicted molar refractivity (Wildman–Crippen MR) is 75.0 cm³/mol. The minimum absolute atomic E-state index is 0. The quantitative estimate of drug-likeness (QED) is 0.893. The Hall–Kier alpha value is -0.580. The van der Waals surface area contributed by atoms with Gasteiger partial charge in [-0.25, -0.2) is 0 Å². The number of aromatic nitrogens is 1. The number of likely N-dealkylation sites (tertiary alicyclic amines) is 1. The molecule has 1 aliphatic rings. The van der Waals surface area contributed by atoms with E-state index in [1.807, 2.05) is 13.0 Å². The second-order valence-corrected chi connectivity index (χ2v) is 4.96. The molecular weight excluding hydrogens is 250 g/mol. The van der Waals surface area contributed by atoms with Crippen molar-refractivity contribution in [3.05, 3.63) is 17.5 Å². The number of aryl methyl sites for hydroxylation is 1. The number of hydrogen-bond donors (Lipinski definition) is 1. The molecule has 2 rings (SSSR count). The fraction of sp³-hybridized carbons (Fsp3) is 0.769. The third kappa shape index (κ3) is 4.59. The maximum Gasteiger partial charge on any atom is 0.150 e. The van der Waals surface area contributed by atoms with Crippen LogP contribution in [-0.2, 0) is 6.54 Å². The van der Waals surface area contributed by atoms with Crippen molar-refractivity contribution in [2.45, 2.75) is 33.2 Å². The van der Waals surface area contributed by atoms with Crippen molar-refractivity contribution in [2.24, 2.45) is 5.92 Å². The molecule has 0 unspecified atom stereocenters. The largest absolute Gasteiger partial charge is 0.360 e. The van der Waals surface area contributed by atoms with Crippen molar-refractivity contribution < 1.29 is 4.52 Å². The van der Waals surface area contributed by atoms with E-state index in [0.29, 0.717) is 0 Å². The summed E-state index contributed by atoms with van der Waals surface area (Å²) < 4.78 is 5.25. The summed E-state index contributed by atoms with van der Waals surface area (Å²) in [7, 11) is 0. The molecular formula is C13H24ClN3O. The van der Waals surface area contributed by atoms with E-state index in [1.54, 1.807) is 0 Å². The maximum atomic E-state index is 5.25. The van der Waals surface area contributed by atoms with Gasteiger partial charge >= 0.3 is 0 Å². The lowest BCUT2D eigenvalue weighted by molar-refractivity contribution is 0.160. The number of halogens is 1. The second-order valence-electron chi connectivity index (χ2n) is 4.96. The highest BCUT2D eigenvalue weighted by Crippen LogP contribution is 2.18. The van der Waals surface area contributed by atoms with Crippen LogP contribution >= 0.6 is 12.4 Å². The molecule has 4 nitrogen and oxygen atoms in total. The monoisotopic (exact) mass is 273 g/mol. The molecule has 1 saturated heterocycles. The summed E-state index contributed by atoms with van der Waals surface area (Å²) in [4.78, 5) is 2.46. The fourth-order valence-electron chi connectivity index (χ4n) is 2.41. The minimum Gasteiger partial charge on any atom is -0.360 e. The summed E-state index contributed by atoms with van der Waals surface area (Å²) >= 11 is 0. The topological polar surface area (TPSA) is 41.3 Å². The molecule has 0 amide bonds. The van der Waals surface area contributed by atoms with Crippen molar-refractivity contribution in [1.82, 2.24) is 15.4 Å². The van der Waals surface area contributed by atoms with Gasteiger partial charge in [-0.15, -0.1) is 12.4 Å². The van der Waals surface area contributed by atoms with E-state index < -0.39 is 0 Å².